The molecule has 1 aromatic carbocycles. The van der Waals surface area contributed by atoms with Crippen LogP contribution >= 0.6 is 0 Å². The quantitative estimate of drug-likeness (QED) is 0.849. The van der Waals surface area contributed by atoms with Crippen LogP contribution in [0, 0.1) is 0 Å². The number of Topliss-reactive ketones (excluding diaryl/α,β-unsaturated/α-hetero) is 2. The molecule has 2 aromatic rings. The largest absolute Gasteiger partial charge is 0.503 e. The minimum Gasteiger partial charge on any atom is -0.503 e. The maximum atomic E-state index is 12.6. The second-order valence-corrected chi connectivity index (χ2v) is 5.30. The van der Waals surface area contributed by atoms with Crippen LogP contribution in [-0.2, 0) is 6.42 Å². The third-order valence-electron chi connectivity index (χ3n) is 3.84. The first kappa shape index (κ1) is 14.2. The van der Waals surface area contributed by atoms with Crippen LogP contribution in [0.1, 0.15) is 45.8 Å². The fourth-order valence-electron chi connectivity index (χ4n) is 2.72. The summed E-state index contributed by atoms with van der Waals surface area (Å²) < 4.78 is 1.23. The lowest BCUT2D eigenvalue weighted by molar-refractivity contribution is 0.0892. The van der Waals surface area contributed by atoms with Crippen LogP contribution in [0.15, 0.2) is 35.3 Å². The standard InChI is InChI=1S/C16H14N2O4/c1-9(19)14-16(22)13(20)8-18(17-14)12-7-6-10-4-2-3-5-11(10)15(12)21/h2-5,8,12,20H,6-7H2,1H3. The van der Waals surface area contributed by atoms with Gasteiger partial charge in [0.1, 0.15) is 6.04 Å². The van der Waals surface area contributed by atoms with Gasteiger partial charge in [0.2, 0.25) is 0 Å². The molecule has 1 aliphatic rings. The molecule has 0 fully saturated rings. The van der Waals surface area contributed by atoms with Crippen molar-refractivity contribution in [3.8, 4) is 5.75 Å². The van der Waals surface area contributed by atoms with Crippen LogP contribution in [0.25, 0.3) is 0 Å². The number of fused-ring (bicyclic) bond motifs is 1. The summed E-state index contributed by atoms with van der Waals surface area (Å²) in [6, 6.07) is 6.69. The number of aromatic nitrogens is 2. The SMILES string of the molecule is CC(=O)c1nn(C2CCc3ccccc3C2=O)cc(O)c1=O. The number of ketones is 2. The first-order valence-electron chi connectivity index (χ1n) is 6.94. The molecule has 0 saturated heterocycles. The molecule has 0 saturated carbocycles. The lowest BCUT2D eigenvalue weighted by Gasteiger charge is -2.24. The lowest BCUT2D eigenvalue weighted by atomic mass is 9.87. The average Bonchev–Trinajstić information content (AvgIpc) is 2.50. The van der Waals surface area contributed by atoms with E-state index in [4.69, 9.17) is 0 Å². The predicted octanol–water partition coefficient (Wildman–Crippen LogP) is 1.52. The minimum absolute atomic E-state index is 0.132. The van der Waals surface area contributed by atoms with E-state index < -0.39 is 23.0 Å². The van der Waals surface area contributed by atoms with Gasteiger partial charge in [-0.3, -0.25) is 19.1 Å². The van der Waals surface area contributed by atoms with Crippen molar-refractivity contribution in [2.45, 2.75) is 25.8 Å². The predicted molar refractivity (Wildman–Crippen MR) is 78.3 cm³/mol. The Morgan fingerprint density at radius 2 is 2.05 bits per heavy atom. The van der Waals surface area contributed by atoms with Gasteiger partial charge in [0.15, 0.2) is 23.0 Å². The van der Waals surface area contributed by atoms with Crippen LogP contribution in [0.4, 0.5) is 0 Å². The van der Waals surface area contributed by atoms with Gasteiger partial charge in [-0.1, -0.05) is 24.3 Å². The number of rotatable bonds is 2. The molecule has 1 aromatic heterocycles. The van der Waals surface area contributed by atoms with Crippen molar-refractivity contribution in [3.05, 3.63) is 57.5 Å². The van der Waals surface area contributed by atoms with Crippen molar-refractivity contribution in [1.29, 1.82) is 0 Å². The monoisotopic (exact) mass is 298 g/mol. The average molecular weight is 298 g/mol. The van der Waals surface area contributed by atoms with E-state index in [-0.39, 0.29) is 11.5 Å². The van der Waals surface area contributed by atoms with Crippen molar-refractivity contribution in [2.24, 2.45) is 0 Å². The maximum Gasteiger partial charge on any atom is 0.252 e. The summed E-state index contributed by atoms with van der Waals surface area (Å²) in [5.74, 6) is -1.25. The van der Waals surface area contributed by atoms with Gasteiger partial charge in [-0.2, -0.15) is 5.10 Å². The fourth-order valence-corrected chi connectivity index (χ4v) is 2.72. The molecule has 6 heteroatoms. The summed E-state index contributed by atoms with van der Waals surface area (Å²) in [5.41, 5.74) is 0.419. The normalized spacial score (nSPS) is 17.1. The van der Waals surface area contributed by atoms with Crippen molar-refractivity contribution >= 4 is 11.6 Å². The zero-order valence-corrected chi connectivity index (χ0v) is 11.9. The fraction of sp³-hybridized carbons (Fsp3) is 0.250. The second kappa shape index (κ2) is 5.22. The van der Waals surface area contributed by atoms with Gasteiger partial charge in [0.05, 0.1) is 6.20 Å². The molecule has 0 amide bonds. The molecule has 22 heavy (non-hydrogen) atoms. The highest BCUT2D eigenvalue weighted by Crippen LogP contribution is 2.28. The van der Waals surface area contributed by atoms with Crippen molar-refractivity contribution in [2.75, 3.05) is 0 Å². The van der Waals surface area contributed by atoms with Crippen molar-refractivity contribution in [3.63, 3.8) is 0 Å². The molecule has 0 aliphatic heterocycles. The van der Waals surface area contributed by atoms with E-state index in [0.717, 1.165) is 11.8 Å². The van der Waals surface area contributed by atoms with E-state index >= 15 is 0 Å². The van der Waals surface area contributed by atoms with E-state index in [1.807, 2.05) is 12.1 Å². The summed E-state index contributed by atoms with van der Waals surface area (Å²) in [4.78, 5) is 35.7. The summed E-state index contributed by atoms with van der Waals surface area (Å²) >= 11 is 0. The molecule has 1 unspecified atom stereocenters. The minimum atomic E-state index is -0.813. The molecule has 1 heterocycles. The number of carbonyl (C=O) groups is 2. The molecule has 1 atom stereocenters. The molecular weight excluding hydrogens is 284 g/mol. The number of carbonyl (C=O) groups excluding carboxylic acids is 2. The second-order valence-electron chi connectivity index (χ2n) is 5.30. The van der Waals surface area contributed by atoms with Gasteiger partial charge < -0.3 is 5.11 Å². The van der Waals surface area contributed by atoms with Gasteiger partial charge in [-0.05, 0) is 18.4 Å². The highest BCUT2D eigenvalue weighted by atomic mass is 16.3. The number of benzene rings is 1. The zero-order chi connectivity index (χ0) is 15.9. The summed E-state index contributed by atoms with van der Waals surface area (Å²) in [5, 5.41) is 13.7. The first-order valence-corrected chi connectivity index (χ1v) is 6.94. The number of hydrogen-bond acceptors (Lipinski definition) is 5. The van der Waals surface area contributed by atoms with Gasteiger partial charge in [-0.25, -0.2) is 0 Å². The Balaban J connectivity index is 2.08. The molecule has 0 spiro atoms. The van der Waals surface area contributed by atoms with E-state index in [1.165, 1.54) is 11.6 Å². The van der Waals surface area contributed by atoms with Crippen molar-refractivity contribution < 1.29 is 14.7 Å². The van der Waals surface area contributed by atoms with E-state index in [0.29, 0.717) is 18.4 Å². The smallest absolute Gasteiger partial charge is 0.252 e. The van der Waals surface area contributed by atoms with E-state index in [9.17, 15) is 19.5 Å². The van der Waals surface area contributed by atoms with E-state index in [2.05, 4.69) is 5.10 Å². The Morgan fingerprint density at radius 3 is 2.77 bits per heavy atom. The van der Waals surface area contributed by atoms with Crippen LogP contribution in [-0.4, -0.2) is 26.5 Å². The van der Waals surface area contributed by atoms with Crippen LogP contribution in [0.3, 0.4) is 0 Å². The van der Waals surface area contributed by atoms with Gasteiger partial charge in [-0.15, -0.1) is 0 Å². The Hall–Kier alpha value is -2.76. The molecule has 6 nitrogen and oxygen atoms in total. The highest BCUT2D eigenvalue weighted by Gasteiger charge is 2.29. The number of aromatic hydroxyl groups is 1. The number of nitrogens with zero attached hydrogens (tertiary/aromatic N) is 2. The zero-order valence-electron chi connectivity index (χ0n) is 11.9. The topological polar surface area (TPSA) is 89.3 Å². The third-order valence-corrected chi connectivity index (χ3v) is 3.84. The van der Waals surface area contributed by atoms with Crippen LogP contribution < -0.4 is 5.43 Å². The lowest BCUT2D eigenvalue weighted by Crippen LogP contribution is -2.30. The Labute approximate surface area is 126 Å². The van der Waals surface area contributed by atoms with Crippen molar-refractivity contribution in [1.82, 2.24) is 9.78 Å². The van der Waals surface area contributed by atoms with E-state index in [1.54, 1.807) is 12.1 Å². The first-order chi connectivity index (χ1) is 10.5. The van der Waals surface area contributed by atoms with Gasteiger partial charge >= 0.3 is 0 Å². The Bertz CT molecular complexity index is 838. The molecule has 112 valence electrons. The third kappa shape index (κ3) is 2.22. The summed E-state index contributed by atoms with van der Waals surface area (Å²) in [6.45, 7) is 1.20. The summed E-state index contributed by atoms with van der Waals surface area (Å²) in [6.07, 6.45) is 2.31. The number of hydrogen-bond donors (Lipinski definition) is 1. The molecule has 0 bridgehead atoms. The molecule has 0 radical (unpaired) electrons. The highest BCUT2D eigenvalue weighted by molar-refractivity contribution is 6.01. The van der Waals surface area contributed by atoms with Gasteiger partial charge in [0, 0.05) is 12.5 Å². The molecule has 1 N–H and O–H groups in total. The van der Waals surface area contributed by atoms with Crippen LogP contribution in [0.2, 0.25) is 0 Å². The van der Waals surface area contributed by atoms with Crippen LogP contribution in [0.5, 0.6) is 5.75 Å². The Morgan fingerprint density at radius 1 is 1.32 bits per heavy atom. The summed E-state index contributed by atoms with van der Waals surface area (Å²) in [7, 11) is 0. The molecule has 3 rings (SSSR count). The maximum absolute atomic E-state index is 12.6. The molecular formula is C16H14N2O4. The molecule has 1 aliphatic carbocycles. The number of aryl methyl sites for hydroxylation is 1. The Kier molecular flexibility index (Phi) is 3.36. The van der Waals surface area contributed by atoms with Gasteiger partial charge in [0.25, 0.3) is 5.43 Å².